The highest BCUT2D eigenvalue weighted by Crippen LogP contribution is 2.27. The molecule has 0 radical (unpaired) electrons. The van der Waals surface area contributed by atoms with E-state index in [1.807, 2.05) is 0 Å². The summed E-state index contributed by atoms with van der Waals surface area (Å²) in [4.78, 5) is 4.91. The van der Waals surface area contributed by atoms with E-state index in [1.165, 1.54) is 43.7 Å². The summed E-state index contributed by atoms with van der Waals surface area (Å²) in [6.45, 7) is 9.18. The maximum absolute atomic E-state index is 4.91. The van der Waals surface area contributed by atoms with Gasteiger partial charge in [0.25, 0.3) is 0 Å². The number of para-hydroxylation sites is 2. The van der Waals surface area contributed by atoms with Crippen molar-refractivity contribution in [3.05, 3.63) is 30.1 Å². The highest BCUT2D eigenvalue weighted by atomic mass is 15.1. The Morgan fingerprint density at radius 2 is 1.90 bits per heavy atom. The lowest BCUT2D eigenvalue weighted by Crippen LogP contribution is -2.28. The van der Waals surface area contributed by atoms with Crippen LogP contribution in [0.25, 0.3) is 11.0 Å². The predicted octanol–water partition coefficient (Wildman–Crippen LogP) is 3.72. The molecule has 1 fully saturated rings. The predicted molar refractivity (Wildman–Crippen MR) is 88.6 cm³/mol. The number of nitrogens with zero attached hydrogens (tertiary/aromatic N) is 2. The molecule has 1 aliphatic heterocycles. The van der Waals surface area contributed by atoms with E-state index in [0.717, 1.165) is 17.9 Å². The quantitative estimate of drug-likeness (QED) is 0.931. The van der Waals surface area contributed by atoms with Crippen LogP contribution in [0, 0.1) is 5.92 Å². The number of hydrogen-bond donors (Lipinski definition) is 1. The number of piperidine rings is 1. The number of benzene rings is 1. The third kappa shape index (κ3) is 3.13. The molecule has 0 aliphatic carbocycles. The molecular formula is C18H27N3. The third-order valence-corrected chi connectivity index (χ3v) is 4.54. The molecule has 0 unspecified atom stereocenters. The van der Waals surface area contributed by atoms with E-state index in [9.17, 15) is 0 Å². The molecule has 0 amide bonds. The first-order valence-corrected chi connectivity index (χ1v) is 8.23. The fourth-order valence-electron chi connectivity index (χ4n) is 3.50. The maximum atomic E-state index is 4.91. The summed E-state index contributed by atoms with van der Waals surface area (Å²) in [6, 6.07) is 8.52. The molecule has 0 saturated carbocycles. The fourth-order valence-corrected chi connectivity index (χ4v) is 3.50. The van der Waals surface area contributed by atoms with E-state index in [4.69, 9.17) is 4.98 Å². The van der Waals surface area contributed by atoms with Crippen LogP contribution >= 0.6 is 0 Å². The van der Waals surface area contributed by atoms with Gasteiger partial charge in [0.15, 0.2) is 0 Å². The van der Waals surface area contributed by atoms with Crippen LogP contribution in [0.5, 0.6) is 0 Å². The molecule has 114 valence electrons. The van der Waals surface area contributed by atoms with Gasteiger partial charge in [-0.05, 0) is 71.2 Å². The van der Waals surface area contributed by atoms with E-state index in [2.05, 4.69) is 54.9 Å². The molecule has 1 saturated heterocycles. The zero-order valence-corrected chi connectivity index (χ0v) is 13.5. The SMILES string of the molecule is CC(C)(C)n1c(CCC2CCNCC2)nc2ccccc21. The number of imidazole rings is 1. The van der Waals surface area contributed by atoms with Gasteiger partial charge >= 0.3 is 0 Å². The average Bonchev–Trinajstić information content (AvgIpc) is 2.84. The van der Waals surface area contributed by atoms with Gasteiger partial charge in [-0.2, -0.15) is 0 Å². The van der Waals surface area contributed by atoms with Crippen LogP contribution in [-0.2, 0) is 12.0 Å². The Labute approximate surface area is 127 Å². The lowest BCUT2D eigenvalue weighted by Gasteiger charge is -2.26. The first-order chi connectivity index (χ1) is 10.1. The number of hydrogen-bond acceptors (Lipinski definition) is 2. The molecule has 2 aromatic rings. The minimum Gasteiger partial charge on any atom is -0.323 e. The van der Waals surface area contributed by atoms with Crippen molar-refractivity contribution in [1.29, 1.82) is 0 Å². The largest absolute Gasteiger partial charge is 0.323 e. The molecule has 3 nitrogen and oxygen atoms in total. The van der Waals surface area contributed by atoms with E-state index in [1.54, 1.807) is 0 Å². The van der Waals surface area contributed by atoms with Gasteiger partial charge in [-0.1, -0.05) is 12.1 Å². The highest BCUT2D eigenvalue weighted by molar-refractivity contribution is 5.76. The molecule has 0 spiro atoms. The van der Waals surface area contributed by atoms with Gasteiger partial charge in [-0.15, -0.1) is 0 Å². The molecule has 1 aromatic heterocycles. The van der Waals surface area contributed by atoms with Gasteiger partial charge in [-0.25, -0.2) is 4.98 Å². The van der Waals surface area contributed by atoms with E-state index < -0.39 is 0 Å². The molecular weight excluding hydrogens is 258 g/mol. The number of aryl methyl sites for hydroxylation is 1. The topological polar surface area (TPSA) is 29.9 Å². The molecule has 0 bridgehead atoms. The van der Waals surface area contributed by atoms with Crippen molar-refractivity contribution < 1.29 is 0 Å². The molecule has 1 aromatic carbocycles. The Kier molecular flexibility index (Phi) is 4.03. The van der Waals surface area contributed by atoms with Crippen LogP contribution in [-0.4, -0.2) is 22.6 Å². The van der Waals surface area contributed by atoms with Gasteiger partial charge in [0.1, 0.15) is 5.82 Å². The summed E-state index contributed by atoms with van der Waals surface area (Å²) in [7, 11) is 0. The Morgan fingerprint density at radius 3 is 2.62 bits per heavy atom. The lowest BCUT2D eigenvalue weighted by molar-refractivity contribution is 0.341. The zero-order valence-electron chi connectivity index (χ0n) is 13.5. The van der Waals surface area contributed by atoms with Gasteiger partial charge in [0.05, 0.1) is 11.0 Å². The Hall–Kier alpha value is -1.35. The highest BCUT2D eigenvalue weighted by Gasteiger charge is 2.22. The second-order valence-corrected chi connectivity index (χ2v) is 7.26. The number of nitrogens with one attached hydrogen (secondary N) is 1. The van der Waals surface area contributed by atoms with Crippen molar-refractivity contribution in [2.24, 2.45) is 5.92 Å². The smallest absolute Gasteiger partial charge is 0.110 e. The van der Waals surface area contributed by atoms with E-state index in [0.29, 0.717) is 0 Å². The molecule has 1 N–H and O–H groups in total. The van der Waals surface area contributed by atoms with Crippen LogP contribution in [0.3, 0.4) is 0 Å². The van der Waals surface area contributed by atoms with Gasteiger partial charge in [0, 0.05) is 12.0 Å². The summed E-state index contributed by atoms with van der Waals surface area (Å²) in [6.07, 6.45) is 4.99. The van der Waals surface area contributed by atoms with Crippen molar-refractivity contribution in [1.82, 2.24) is 14.9 Å². The number of aromatic nitrogens is 2. The van der Waals surface area contributed by atoms with Crippen molar-refractivity contribution in [2.75, 3.05) is 13.1 Å². The van der Waals surface area contributed by atoms with Crippen LogP contribution in [0.2, 0.25) is 0 Å². The second-order valence-electron chi connectivity index (χ2n) is 7.26. The maximum Gasteiger partial charge on any atom is 0.110 e. The van der Waals surface area contributed by atoms with Gasteiger partial charge in [0.2, 0.25) is 0 Å². The Morgan fingerprint density at radius 1 is 1.19 bits per heavy atom. The summed E-state index contributed by atoms with van der Waals surface area (Å²) in [5.41, 5.74) is 2.48. The second kappa shape index (κ2) is 5.80. The molecule has 0 atom stereocenters. The van der Waals surface area contributed by atoms with Crippen molar-refractivity contribution in [3.8, 4) is 0 Å². The lowest BCUT2D eigenvalue weighted by atomic mass is 9.93. The Balaban J connectivity index is 1.86. The molecule has 2 heterocycles. The first kappa shape index (κ1) is 14.6. The first-order valence-electron chi connectivity index (χ1n) is 8.23. The van der Waals surface area contributed by atoms with Crippen LogP contribution in [0.1, 0.15) is 45.9 Å². The van der Waals surface area contributed by atoms with Crippen LogP contribution < -0.4 is 5.32 Å². The fraction of sp³-hybridized carbons (Fsp3) is 0.611. The summed E-state index contributed by atoms with van der Waals surface area (Å²) >= 11 is 0. The van der Waals surface area contributed by atoms with Crippen LogP contribution in [0.15, 0.2) is 24.3 Å². The standard InChI is InChI=1S/C18H27N3/c1-18(2,3)21-16-7-5-4-6-15(16)20-17(21)9-8-14-10-12-19-13-11-14/h4-7,14,19H,8-13H2,1-3H3. The zero-order chi connectivity index (χ0) is 14.9. The summed E-state index contributed by atoms with van der Waals surface area (Å²) in [5, 5.41) is 3.45. The van der Waals surface area contributed by atoms with Gasteiger partial charge < -0.3 is 9.88 Å². The molecule has 3 heteroatoms. The molecule has 1 aliphatic rings. The monoisotopic (exact) mass is 285 g/mol. The normalized spacial score (nSPS) is 17.5. The average molecular weight is 285 g/mol. The molecule has 3 rings (SSSR count). The minimum atomic E-state index is 0.0829. The third-order valence-electron chi connectivity index (χ3n) is 4.54. The van der Waals surface area contributed by atoms with E-state index in [-0.39, 0.29) is 5.54 Å². The summed E-state index contributed by atoms with van der Waals surface area (Å²) < 4.78 is 2.43. The number of rotatable bonds is 3. The molecule has 21 heavy (non-hydrogen) atoms. The summed E-state index contributed by atoms with van der Waals surface area (Å²) in [5.74, 6) is 2.11. The van der Waals surface area contributed by atoms with Crippen molar-refractivity contribution in [3.63, 3.8) is 0 Å². The van der Waals surface area contributed by atoms with Crippen LogP contribution in [0.4, 0.5) is 0 Å². The van der Waals surface area contributed by atoms with Gasteiger partial charge in [-0.3, -0.25) is 0 Å². The van der Waals surface area contributed by atoms with Crippen molar-refractivity contribution in [2.45, 2.75) is 52.0 Å². The minimum absolute atomic E-state index is 0.0829. The Bertz CT molecular complexity index is 600. The van der Waals surface area contributed by atoms with Crippen molar-refractivity contribution >= 4 is 11.0 Å². The van der Waals surface area contributed by atoms with E-state index >= 15 is 0 Å². The number of fused-ring (bicyclic) bond motifs is 1.